The Balaban J connectivity index is 1.83. The van der Waals surface area contributed by atoms with Crippen LogP contribution in [0.15, 0.2) is 22.9 Å². The highest BCUT2D eigenvalue weighted by atomic mass is 79.9. The van der Waals surface area contributed by atoms with E-state index < -0.39 is 5.60 Å². The molecule has 26 heavy (non-hydrogen) atoms. The van der Waals surface area contributed by atoms with Gasteiger partial charge in [0.15, 0.2) is 0 Å². The van der Waals surface area contributed by atoms with E-state index in [9.17, 15) is 4.79 Å². The topological polar surface area (TPSA) is 58.6 Å². The molecule has 6 nitrogen and oxygen atoms in total. The van der Waals surface area contributed by atoms with E-state index >= 15 is 0 Å². The van der Waals surface area contributed by atoms with E-state index in [0.717, 1.165) is 21.2 Å². The molecular formula is C18H22BrClN4O2. The number of ether oxygens (including phenoxy) is 1. The standard InChI is InChI=1S/C18H22BrClN4O2/c1-11-9-23(17(25)26-18(2,3)4)5-6-24(11)16-12-7-14(20)13(19)8-15(12)21-10-22-16/h7-8,10-11H,5-6,9H2,1-4H3/t11-/m0/s1. The van der Waals surface area contributed by atoms with Gasteiger partial charge < -0.3 is 14.5 Å². The molecule has 3 rings (SSSR count). The first-order chi connectivity index (χ1) is 12.2. The molecule has 1 atom stereocenters. The number of rotatable bonds is 1. The van der Waals surface area contributed by atoms with Crippen molar-refractivity contribution in [2.45, 2.75) is 39.3 Å². The molecule has 1 aromatic carbocycles. The molecule has 0 saturated carbocycles. The lowest BCUT2D eigenvalue weighted by molar-refractivity contribution is 0.0218. The Morgan fingerprint density at radius 3 is 2.69 bits per heavy atom. The lowest BCUT2D eigenvalue weighted by Crippen LogP contribution is -2.54. The van der Waals surface area contributed by atoms with Gasteiger partial charge in [0.25, 0.3) is 0 Å². The molecule has 1 fully saturated rings. The average molecular weight is 442 g/mol. The van der Waals surface area contributed by atoms with Gasteiger partial charge >= 0.3 is 6.09 Å². The number of benzene rings is 1. The van der Waals surface area contributed by atoms with Crippen LogP contribution in [0, 0.1) is 0 Å². The lowest BCUT2D eigenvalue weighted by atomic mass is 10.1. The maximum absolute atomic E-state index is 12.3. The second-order valence-electron chi connectivity index (χ2n) is 7.45. The van der Waals surface area contributed by atoms with Gasteiger partial charge in [-0.15, -0.1) is 0 Å². The van der Waals surface area contributed by atoms with Gasteiger partial charge in [0, 0.05) is 35.5 Å². The first-order valence-corrected chi connectivity index (χ1v) is 9.67. The summed E-state index contributed by atoms with van der Waals surface area (Å²) in [5.41, 5.74) is 0.331. The Bertz CT molecular complexity index is 840. The van der Waals surface area contributed by atoms with Crippen molar-refractivity contribution >= 4 is 50.3 Å². The minimum absolute atomic E-state index is 0.0943. The highest BCUT2D eigenvalue weighted by molar-refractivity contribution is 9.10. The summed E-state index contributed by atoms with van der Waals surface area (Å²) in [5.74, 6) is 0.834. The predicted octanol–water partition coefficient (Wildman–Crippen LogP) is 4.49. The fraction of sp³-hybridized carbons (Fsp3) is 0.500. The number of nitrogens with zero attached hydrogens (tertiary/aromatic N) is 4. The molecule has 0 N–H and O–H groups in total. The van der Waals surface area contributed by atoms with Crippen LogP contribution < -0.4 is 4.90 Å². The quantitative estimate of drug-likeness (QED) is 0.652. The molecule has 1 aliphatic rings. The van der Waals surface area contributed by atoms with E-state index in [4.69, 9.17) is 16.3 Å². The van der Waals surface area contributed by atoms with Crippen molar-refractivity contribution in [2.75, 3.05) is 24.5 Å². The average Bonchev–Trinajstić information content (AvgIpc) is 2.54. The smallest absolute Gasteiger partial charge is 0.410 e. The maximum Gasteiger partial charge on any atom is 0.410 e. The first kappa shape index (κ1) is 19.2. The van der Waals surface area contributed by atoms with E-state index in [-0.39, 0.29) is 12.1 Å². The monoisotopic (exact) mass is 440 g/mol. The molecule has 0 unspecified atom stereocenters. The summed E-state index contributed by atoms with van der Waals surface area (Å²) in [6, 6.07) is 3.87. The van der Waals surface area contributed by atoms with Crippen LogP contribution in [0.4, 0.5) is 10.6 Å². The molecule has 8 heteroatoms. The summed E-state index contributed by atoms with van der Waals surface area (Å²) in [7, 11) is 0. The van der Waals surface area contributed by atoms with Crippen molar-refractivity contribution in [1.29, 1.82) is 0 Å². The van der Waals surface area contributed by atoms with Crippen LogP contribution in [0.3, 0.4) is 0 Å². The zero-order chi connectivity index (χ0) is 19.1. The Kier molecular flexibility index (Phi) is 5.30. The Morgan fingerprint density at radius 2 is 2.04 bits per heavy atom. The molecule has 0 bridgehead atoms. The van der Waals surface area contributed by atoms with Gasteiger partial charge in [0.1, 0.15) is 17.7 Å². The summed E-state index contributed by atoms with van der Waals surface area (Å²) >= 11 is 9.70. The second-order valence-corrected chi connectivity index (χ2v) is 8.71. The fourth-order valence-corrected chi connectivity index (χ4v) is 3.53. The molecule has 2 aromatic rings. The molecule has 0 spiro atoms. The third-order valence-corrected chi connectivity index (χ3v) is 5.40. The third-order valence-electron chi connectivity index (χ3n) is 4.21. The van der Waals surface area contributed by atoms with E-state index in [1.54, 1.807) is 11.2 Å². The third kappa shape index (κ3) is 4.04. The fourth-order valence-electron chi connectivity index (χ4n) is 3.03. The number of hydrogen-bond acceptors (Lipinski definition) is 5. The molecule has 0 radical (unpaired) electrons. The predicted molar refractivity (Wildman–Crippen MR) is 107 cm³/mol. The largest absolute Gasteiger partial charge is 0.444 e. The molecule has 1 aliphatic heterocycles. The zero-order valence-electron chi connectivity index (χ0n) is 15.3. The molecule has 140 valence electrons. The van der Waals surface area contributed by atoms with Gasteiger partial charge in [0.05, 0.1) is 10.5 Å². The van der Waals surface area contributed by atoms with Crippen LogP contribution in [0.2, 0.25) is 5.02 Å². The van der Waals surface area contributed by atoms with Gasteiger partial charge in [0.2, 0.25) is 0 Å². The number of carbonyl (C=O) groups is 1. The zero-order valence-corrected chi connectivity index (χ0v) is 17.6. The van der Waals surface area contributed by atoms with Gasteiger partial charge in [-0.3, -0.25) is 0 Å². The highest BCUT2D eigenvalue weighted by Crippen LogP contribution is 2.32. The van der Waals surface area contributed by atoms with Crippen molar-refractivity contribution in [3.8, 4) is 0 Å². The Labute approximate surface area is 166 Å². The minimum Gasteiger partial charge on any atom is -0.444 e. The number of fused-ring (bicyclic) bond motifs is 1. The van der Waals surface area contributed by atoms with Crippen LogP contribution in [-0.2, 0) is 4.74 Å². The number of aromatic nitrogens is 2. The maximum atomic E-state index is 12.3. The minimum atomic E-state index is -0.496. The van der Waals surface area contributed by atoms with Crippen molar-refractivity contribution in [3.63, 3.8) is 0 Å². The SMILES string of the molecule is C[C@H]1CN(C(=O)OC(C)(C)C)CCN1c1ncnc2cc(Br)c(Cl)cc12. The van der Waals surface area contributed by atoms with Crippen molar-refractivity contribution in [1.82, 2.24) is 14.9 Å². The second kappa shape index (κ2) is 7.19. The van der Waals surface area contributed by atoms with E-state index in [1.807, 2.05) is 32.9 Å². The van der Waals surface area contributed by atoms with E-state index in [1.165, 1.54) is 0 Å². The van der Waals surface area contributed by atoms with E-state index in [0.29, 0.717) is 24.7 Å². The van der Waals surface area contributed by atoms with Crippen LogP contribution in [0.1, 0.15) is 27.7 Å². The number of anilines is 1. The van der Waals surface area contributed by atoms with Crippen LogP contribution >= 0.6 is 27.5 Å². The molecule has 0 aliphatic carbocycles. The van der Waals surface area contributed by atoms with Gasteiger partial charge in [-0.05, 0) is 55.8 Å². The Hall–Kier alpha value is -1.60. The summed E-state index contributed by atoms with van der Waals surface area (Å²) in [4.78, 5) is 25.1. The summed E-state index contributed by atoms with van der Waals surface area (Å²) in [5, 5.41) is 1.52. The van der Waals surface area contributed by atoms with Crippen molar-refractivity contribution in [2.24, 2.45) is 0 Å². The highest BCUT2D eigenvalue weighted by Gasteiger charge is 2.31. The van der Waals surface area contributed by atoms with Gasteiger partial charge in [-0.1, -0.05) is 11.6 Å². The summed E-state index contributed by atoms with van der Waals surface area (Å²) in [6.07, 6.45) is 1.29. The number of hydrogen-bond donors (Lipinski definition) is 0. The molecule has 1 amide bonds. The van der Waals surface area contributed by atoms with Gasteiger partial charge in [-0.25, -0.2) is 14.8 Å². The number of amides is 1. The lowest BCUT2D eigenvalue weighted by Gasteiger charge is -2.41. The number of carbonyl (C=O) groups excluding carboxylic acids is 1. The summed E-state index contributed by atoms with van der Waals surface area (Å²) in [6.45, 7) is 9.52. The van der Waals surface area contributed by atoms with Gasteiger partial charge in [-0.2, -0.15) is 0 Å². The molecule has 2 heterocycles. The van der Waals surface area contributed by atoms with Crippen molar-refractivity contribution in [3.05, 3.63) is 28.0 Å². The molecule has 1 saturated heterocycles. The number of piperazine rings is 1. The number of halogens is 2. The molecular weight excluding hydrogens is 420 g/mol. The molecule has 1 aromatic heterocycles. The van der Waals surface area contributed by atoms with Crippen LogP contribution in [-0.4, -0.2) is 52.2 Å². The normalized spacial score (nSPS) is 18.3. The van der Waals surface area contributed by atoms with Crippen molar-refractivity contribution < 1.29 is 9.53 Å². The van der Waals surface area contributed by atoms with Crippen LogP contribution in [0.5, 0.6) is 0 Å². The first-order valence-electron chi connectivity index (χ1n) is 8.50. The van der Waals surface area contributed by atoms with Crippen LogP contribution in [0.25, 0.3) is 10.9 Å². The Morgan fingerprint density at radius 1 is 1.31 bits per heavy atom. The summed E-state index contributed by atoms with van der Waals surface area (Å²) < 4.78 is 6.29. The van der Waals surface area contributed by atoms with E-state index in [2.05, 4.69) is 37.7 Å².